The predicted octanol–water partition coefficient (Wildman–Crippen LogP) is 6.21. The zero-order valence-corrected chi connectivity index (χ0v) is 19.9. The van der Waals surface area contributed by atoms with Crippen LogP contribution >= 0.6 is 0 Å². The summed E-state index contributed by atoms with van der Waals surface area (Å²) < 4.78 is 2.38. The predicted molar refractivity (Wildman–Crippen MR) is 142 cm³/mol. The van der Waals surface area contributed by atoms with Gasteiger partial charge in [0.25, 0.3) is 0 Å². The van der Waals surface area contributed by atoms with Crippen molar-refractivity contribution in [3.63, 3.8) is 0 Å². The molecule has 176 valence electrons. The molecule has 0 fully saturated rings. The summed E-state index contributed by atoms with van der Waals surface area (Å²) in [4.78, 5) is 20.8. The van der Waals surface area contributed by atoms with Crippen LogP contribution in [0.1, 0.15) is 41.9 Å². The Morgan fingerprint density at radius 3 is 2.60 bits per heavy atom. The van der Waals surface area contributed by atoms with Gasteiger partial charge in [-0.15, -0.1) is 0 Å². The monoisotopic (exact) mass is 462 g/mol. The molecule has 5 nitrogen and oxygen atoms in total. The Labute approximate surface area is 205 Å². The lowest BCUT2D eigenvalue weighted by molar-refractivity contribution is -0.116. The molecule has 2 aromatic heterocycles. The maximum absolute atomic E-state index is 12.8. The van der Waals surface area contributed by atoms with E-state index in [9.17, 15) is 4.79 Å². The molecule has 0 saturated carbocycles. The van der Waals surface area contributed by atoms with E-state index >= 15 is 0 Å². The molecule has 1 aliphatic carbocycles. The summed E-state index contributed by atoms with van der Waals surface area (Å²) in [7, 11) is 0. The number of carbonyl (C=O) groups is 1. The van der Waals surface area contributed by atoms with Gasteiger partial charge in [0.05, 0.1) is 11.0 Å². The highest BCUT2D eigenvalue weighted by Crippen LogP contribution is 2.32. The molecule has 1 aliphatic rings. The van der Waals surface area contributed by atoms with Gasteiger partial charge in [-0.3, -0.25) is 4.79 Å². The van der Waals surface area contributed by atoms with Crippen molar-refractivity contribution in [3.05, 3.63) is 95.4 Å². The van der Waals surface area contributed by atoms with E-state index in [1.165, 1.54) is 40.6 Å². The van der Waals surface area contributed by atoms with Crippen LogP contribution in [-0.4, -0.2) is 20.4 Å². The molecule has 0 aliphatic heterocycles. The number of para-hydroxylation sites is 3. The lowest BCUT2D eigenvalue weighted by Crippen LogP contribution is -2.16. The summed E-state index contributed by atoms with van der Waals surface area (Å²) in [5.41, 5.74) is 8.35. The van der Waals surface area contributed by atoms with E-state index in [-0.39, 0.29) is 5.91 Å². The van der Waals surface area contributed by atoms with Crippen molar-refractivity contribution < 1.29 is 4.79 Å². The fraction of sp³-hybridized carbons (Fsp3) is 0.267. The van der Waals surface area contributed by atoms with Gasteiger partial charge in [-0.1, -0.05) is 42.5 Å². The standard InChI is InChI=1S/C30H30N4O/c35-30(19-20-34-27-11-5-1-7-23(27)24-8-2-6-12-28(24)34)31-22-16-13-21(14-17-22)15-18-29-32-25-9-3-4-10-26(25)33-29/h1,3-5,7,9-11,13-14,16-17H,2,6,8,12,15,18-20H2,(H,31,35)(H,32,33). The van der Waals surface area contributed by atoms with Gasteiger partial charge in [0.1, 0.15) is 5.82 Å². The van der Waals surface area contributed by atoms with Crippen LogP contribution in [0, 0.1) is 0 Å². The Morgan fingerprint density at radius 1 is 0.914 bits per heavy atom. The summed E-state index contributed by atoms with van der Waals surface area (Å²) in [6.07, 6.45) is 6.99. The highest BCUT2D eigenvalue weighted by atomic mass is 16.1. The zero-order chi connectivity index (χ0) is 23.6. The van der Waals surface area contributed by atoms with Gasteiger partial charge in [-0.25, -0.2) is 4.98 Å². The Balaban J connectivity index is 1.06. The number of nitrogens with one attached hydrogen (secondary N) is 2. The second-order valence-electron chi connectivity index (χ2n) is 9.50. The molecule has 5 heteroatoms. The SMILES string of the molecule is O=C(CCn1c2c(c3ccccc31)CCCC2)Nc1ccc(CCc2nc3ccccc3[nH]2)cc1. The minimum atomic E-state index is 0.0577. The number of nitrogens with zero attached hydrogens (tertiary/aromatic N) is 2. The van der Waals surface area contributed by atoms with Crippen LogP contribution in [0.3, 0.4) is 0 Å². The van der Waals surface area contributed by atoms with E-state index in [2.05, 4.69) is 62.3 Å². The zero-order valence-electron chi connectivity index (χ0n) is 19.9. The fourth-order valence-electron chi connectivity index (χ4n) is 5.42. The molecule has 6 rings (SSSR count). The van der Waals surface area contributed by atoms with E-state index in [4.69, 9.17) is 0 Å². The number of imidazole rings is 1. The highest BCUT2D eigenvalue weighted by Gasteiger charge is 2.20. The molecule has 2 heterocycles. The number of aryl methyl sites for hydroxylation is 4. The van der Waals surface area contributed by atoms with Crippen LogP contribution in [0.15, 0.2) is 72.8 Å². The first-order valence-corrected chi connectivity index (χ1v) is 12.7. The first-order chi connectivity index (χ1) is 17.2. The van der Waals surface area contributed by atoms with E-state index in [0.717, 1.165) is 54.8 Å². The van der Waals surface area contributed by atoms with Crippen LogP contribution in [0.2, 0.25) is 0 Å². The number of hydrogen-bond donors (Lipinski definition) is 2. The summed E-state index contributed by atoms with van der Waals surface area (Å²) in [5.74, 6) is 1.06. The van der Waals surface area contributed by atoms with E-state index in [0.29, 0.717) is 6.42 Å². The first kappa shape index (κ1) is 21.7. The molecule has 35 heavy (non-hydrogen) atoms. The Bertz CT molecular complexity index is 1460. The molecule has 0 radical (unpaired) electrons. The molecule has 0 bridgehead atoms. The third-order valence-corrected chi connectivity index (χ3v) is 7.17. The molecule has 0 spiro atoms. The average Bonchev–Trinajstić information content (AvgIpc) is 3.46. The van der Waals surface area contributed by atoms with Crippen molar-refractivity contribution in [3.8, 4) is 0 Å². The second kappa shape index (κ2) is 9.41. The van der Waals surface area contributed by atoms with Gasteiger partial charge in [0.15, 0.2) is 0 Å². The van der Waals surface area contributed by atoms with Crippen molar-refractivity contribution in [1.29, 1.82) is 0 Å². The number of anilines is 1. The van der Waals surface area contributed by atoms with E-state index in [1.807, 2.05) is 30.3 Å². The number of aromatic nitrogens is 3. The lowest BCUT2D eigenvalue weighted by atomic mass is 9.95. The van der Waals surface area contributed by atoms with Gasteiger partial charge in [-0.05, 0) is 73.6 Å². The van der Waals surface area contributed by atoms with Crippen LogP contribution in [0.5, 0.6) is 0 Å². The molecule has 2 N–H and O–H groups in total. The third kappa shape index (κ3) is 4.46. The topological polar surface area (TPSA) is 62.7 Å². The fourth-order valence-corrected chi connectivity index (χ4v) is 5.42. The second-order valence-corrected chi connectivity index (χ2v) is 9.50. The van der Waals surface area contributed by atoms with Gasteiger partial charge in [-0.2, -0.15) is 0 Å². The number of fused-ring (bicyclic) bond motifs is 4. The number of benzene rings is 3. The first-order valence-electron chi connectivity index (χ1n) is 12.7. The Kier molecular flexibility index (Phi) is 5.83. The van der Waals surface area contributed by atoms with Crippen LogP contribution in [0.4, 0.5) is 5.69 Å². The van der Waals surface area contributed by atoms with Gasteiger partial charge >= 0.3 is 0 Å². The largest absolute Gasteiger partial charge is 0.344 e. The minimum absolute atomic E-state index is 0.0577. The number of hydrogen-bond acceptors (Lipinski definition) is 2. The van der Waals surface area contributed by atoms with Crippen molar-refractivity contribution in [2.24, 2.45) is 0 Å². The van der Waals surface area contributed by atoms with Gasteiger partial charge in [0, 0.05) is 41.7 Å². The van der Waals surface area contributed by atoms with Crippen molar-refractivity contribution in [2.75, 3.05) is 5.32 Å². The van der Waals surface area contributed by atoms with Gasteiger partial charge in [0.2, 0.25) is 5.91 Å². The molecule has 1 amide bonds. The van der Waals surface area contributed by atoms with Crippen molar-refractivity contribution in [2.45, 2.75) is 51.5 Å². The molecule has 5 aromatic rings. The third-order valence-electron chi connectivity index (χ3n) is 7.17. The molecular formula is C30H30N4O. The van der Waals surface area contributed by atoms with E-state index < -0.39 is 0 Å². The number of rotatable bonds is 7. The van der Waals surface area contributed by atoms with Crippen LogP contribution < -0.4 is 5.32 Å². The van der Waals surface area contributed by atoms with Crippen molar-refractivity contribution >= 4 is 33.5 Å². The molecule has 0 unspecified atom stereocenters. The number of H-pyrrole nitrogens is 1. The quantitative estimate of drug-likeness (QED) is 0.302. The summed E-state index contributed by atoms with van der Waals surface area (Å²) >= 11 is 0. The maximum atomic E-state index is 12.8. The lowest BCUT2D eigenvalue weighted by Gasteiger charge is -2.16. The number of carbonyl (C=O) groups excluding carboxylic acids is 1. The molecule has 0 saturated heterocycles. The highest BCUT2D eigenvalue weighted by molar-refractivity contribution is 5.91. The summed E-state index contributed by atoms with van der Waals surface area (Å²) in [6, 6.07) is 24.9. The minimum Gasteiger partial charge on any atom is -0.344 e. The molecule has 3 aromatic carbocycles. The molecular weight excluding hydrogens is 432 g/mol. The summed E-state index contributed by atoms with van der Waals surface area (Å²) in [6.45, 7) is 0.720. The Morgan fingerprint density at radius 2 is 1.71 bits per heavy atom. The van der Waals surface area contributed by atoms with Crippen LogP contribution in [-0.2, 0) is 37.0 Å². The van der Waals surface area contributed by atoms with Crippen molar-refractivity contribution in [1.82, 2.24) is 14.5 Å². The smallest absolute Gasteiger partial charge is 0.226 e. The number of aromatic amines is 1. The maximum Gasteiger partial charge on any atom is 0.226 e. The van der Waals surface area contributed by atoms with Gasteiger partial charge < -0.3 is 14.9 Å². The number of amides is 1. The van der Waals surface area contributed by atoms with E-state index in [1.54, 1.807) is 0 Å². The summed E-state index contributed by atoms with van der Waals surface area (Å²) in [5, 5.41) is 4.44. The average molecular weight is 463 g/mol. The molecule has 0 atom stereocenters. The normalized spacial score (nSPS) is 13.3. The van der Waals surface area contributed by atoms with Crippen LogP contribution in [0.25, 0.3) is 21.9 Å². The Hall–Kier alpha value is -3.86.